The number of amides is 2. The van der Waals surface area contributed by atoms with Crippen molar-refractivity contribution in [2.24, 2.45) is 11.8 Å². The molecule has 2 aliphatic rings. The molecule has 0 radical (unpaired) electrons. The number of oxazole rings is 1. The maximum atomic E-state index is 14.9. The second-order valence-corrected chi connectivity index (χ2v) is 14.7. The zero-order chi connectivity index (χ0) is 40.2. The molecule has 5 rings (SSSR count). The molecule has 1 aromatic carbocycles. The number of allylic oxidation sites excluding steroid dienone is 2. The number of benzene rings is 1. The maximum absolute atomic E-state index is 14.9. The molecule has 0 saturated carbocycles. The monoisotopic (exact) mass is 776 g/mol. The molecule has 4 heterocycles. The quantitative estimate of drug-likeness (QED) is 0.0915. The topological polar surface area (TPSA) is 211 Å². The average molecular weight is 777 g/mol. The molecule has 2 aliphatic heterocycles. The molecule has 15 nitrogen and oxygen atoms in total. The van der Waals surface area contributed by atoms with Gasteiger partial charge in [-0.05, 0) is 63.3 Å². The summed E-state index contributed by atoms with van der Waals surface area (Å²) in [5.74, 6) is -2.38. The summed E-state index contributed by atoms with van der Waals surface area (Å²) in [6.07, 6.45) is 7.72. The highest BCUT2D eigenvalue weighted by Gasteiger charge is 2.39. The van der Waals surface area contributed by atoms with E-state index in [0.29, 0.717) is 49.3 Å². The van der Waals surface area contributed by atoms with Gasteiger partial charge >= 0.3 is 5.97 Å². The molecule has 3 aromatic rings. The van der Waals surface area contributed by atoms with Gasteiger partial charge in [0.2, 0.25) is 5.91 Å². The van der Waals surface area contributed by atoms with Crippen LogP contribution in [0.4, 0.5) is 10.1 Å². The number of aromatic nitrogens is 4. The summed E-state index contributed by atoms with van der Waals surface area (Å²) in [7, 11) is 0. The van der Waals surface area contributed by atoms with E-state index in [1.807, 2.05) is 38.2 Å². The highest BCUT2D eigenvalue weighted by molar-refractivity contribution is 5.95. The lowest BCUT2D eigenvalue weighted by atomic mass is 9.89. The van der Waals surface area contributed by atoms with E-state index in [-0.39, 0.29) is 49.9 Å². The van der Waals surface area contributed by atoms with Gasteiger partial charge in [-0.2, -0.15) is 0 Å². The molecular formula is C40H53FN8O7. The van der Waals surface area contributed by atoms with Crippen molar-refractivity contribution >= 4 is 23.5 Å². The second-order valence-electron chi connectivity index (χ2n) is 14.7. The van der Waals surface area contributed by atoms with Crippen molar-refractivity contribution in [3.05, 3.63) is 84.3 Å². The maximum Gasteiger partial charge on any atom is 0.329 e. The number of aliphatic hydroxyl groups excluding tert-OH is 2. The lowest BCUT2D eigenvalue weighted by Gasteiger charge is -2.32. The molecule has 2 aromatic heterocycles. The minimum Gasteiger partial charge on any atom is -0.460 e. The Morgan fingerprint density at radius 1 is 1.18 bits per heavy atom. The lowest BCUT2D eigenvalue weighted by Crippen LogP contribution is -2.45. The van der Waals surface area contributed by atoms with Gasteiger partial charge < -0.3 is 35.3 Å². The number of hydrogen-bond acceptors (Lipinski definition) is 12. The second kappa shape index (κ2) is 20.1. The molecule has 16 heteroatoms. The van der Waals surface area contributed by atoms with E-state index in [4.69, 9.17) is 14.9 Å². The number of aliphatic hydroxyl groups is 2. The molecule has 1 fully saturated rings. The third-order valence-electron chi connectivity index (χ3n) is 9.67. The van der Waals surface area contributed by atoms with Gasteiger partial charge in [-0.1, -0.05) is 61.1 Å². The first-order valence-electron chi connectivity index (χ1n) is 19.1. The summed E-state index contributed by atoms with van der Waals surface area (Å²) < 4.78 is 28.1. The third-order valence-corrected chi connectivity index (χ3v) is 9.67. The summed E-state index contributed by atoms with van der Waals surface area (Å²) >= 11 is 0. The van der Waals surface area contributed by atoms with E-state index in [9.17, 15) is 29.0 Å². The van der Waals surface area contributed by atoms with Gasteiger partial charge in [-0.3, -0.25) is 19.6 Å². The van der Waals surface area contributed by atoms with Crippen LogP contribution in [0.25, 0.3) is 11.3 Å². The average Bonchev–Trinajstić information content (AvgIpc) is 3.94. The molecule has 56 heavy (non-hydrogen) atoms. The van der Waals surface area contributed by atoms with E-state index >= 15 is 0 Å². The normalized spacial score (nSPS) is 24.3. The number of hydrogen-bond donors (Lipinski definition) is 5. The van der Waals surface area contributed by atoms with Crippen LogP contribution in [0, 0.1) is 11.8 Å². The number of cyclic esters (lactones) is 1. The first-order valence-corrected chi connectivity index (χ1v) is 19.1. The van der Waals surface area contributed by atoms with Crippen LogP contribution in [0.5, 0.6) is 0 Å². The molecular weight excluding hydrogens is 723 g/mol. The zero-order valence-electron chi connectivity index (χ0n) is 32.1. The Labute approximate surface area is 325 Å². The Hall–Kier alpha value is -5.19. The number of nitrogens with zero attached hydrogens (tertiary/aromatic N) is 5. The number of carbonyl (C=O) groups is 3. The van der Waals surface area contributed by atoms with Crippen LogP contribution in [0.2, 0.25) is 0 Å². The van der Waals surface area contributed by atoms with E-state index in [2.05, 4.69) is 25.9 Å². The SMILES string of the molecule is CC1=C[C@@H](O)C[C@@H](F)Cc2nc(co2)C(=O)N2CCC[C@@H]2C(=O)O[C@H](C(C)C)[C@H](CC(O)NCCCn2cc(-c3cccc(N)c3)nn2)/C=C/C(=O)NCC=C1. The molecule has 6 N–H and O–H groups in total. The molecule has 302 valence electrons. The van der Waals surface area contributed by atoms with Crippen LogP contribution in [0.15, 0.2) is 77.1 Å². The minimum atomic E-state index is -1.49. The number of nitrogen functional groups attached to an aromatic ring is 1. The molecule has 0 spiro atoms. The highest BCUT2D eigenvalue weighted by atomic mass is 19.1. The Morgan fingerprint density at radius 2 is 2.00 bits per heavy atom. The van der Waals surface area contributed by atoms with Gasteiger partial charge in [-0.15, -0.1) is 5.10 Å². The van der Waals surface area contributed by atoms with Crippen molar-refractivity contribution < 1.29 is 38.1 Å². The van der Waals surface area contributed by atoms with Crippen molar-refractivity contribution in [1.29, 1.82) is 0 Å². The van der Waals surface area contributed by atoms with Crippen molar-refractivity contribution in [1.82, 2.24) is 35.5 Å². The Morgan fingerprint density at radius 3 is 2.79 bits per heavy atom. The van der Waals surface area contributed by atoms with Gasteiger partial charge in [-0.25, -0.2) is 14.2 Å². The van der Waals surface area contributed by atoms with Gasteiger partial charge in [0.15, 0.2) is 11.6 Å². The number of anilines is 1. The molecule has 1 saturated heterocycles. The van der Waals surface area contributed by atoms with E-state index in [0.717, 1.165) is 11.8 Å². The zero-order valence-corrected chi connectivity index (χ0v) is 32.1. The molecule has 6 atom stereocenters. The number of ether oxygens (including phenoxy) is 1. The van der Waals surface area contributed by atoms with Gasteiger partial charge in [0.05, 0.1) is 18.7 Å². The first kappa shape index (κ1) is 42.0. The highest BCUT2D eigenvalue weighted by Crippen LogP contribution is 2.28. The fraction of sp³-hybridized carbons (Fsp3) is 0.500. The fourth-order valence-corrected chi connectivity index (χ4v) is 6.88. The number of esters is 1. The van der Waals surface area contributed by atoms with Crippen molar-refractivity contribution in [3.8, 4) is 11.3 Å². The number of alkyl halides is 1. The number of nitrogens with one attached hydrogen (secondary N) is 2. The predicted molar refractivity (Wildman–Crippen MR) is 206 cm³/mol. The largest absolute Gasteiger partial charge is 0.460 e. The van der Waals surface area contributed by atoms with E-state index in [1.54, 1.807) is 35.9 Å². The minimum absolute atomic E-state index is 0.00402. The third kappa shape index (κ3) is 12.2. The molecule has 0 aliphatic carbocycles. The van der Waals surface area contributed by atoms with Crippen LogP contribution in [0.3, 0.4) is 0 Å². The van der Waals surface area contributed by atoms with Crippen molar-refractivity contribution in [3.63, 3.8) is 0 Å². The van der Waals surface area contributed by atoms with Crippen LogP contribution in [-0.4, -0.2) is 103 Å². The number of fused-ring (bicyclic) bond motifs is 3. The van der Waals surface area contributed by atoms with Crippen LogP contribution in [0.1, 0.15) is 69.3 Å². The lowest BCUT2D eigenvalue weighted by molar-refractivity contribution is -0.159. The standard InChI is InChI=1S/C40H53FN8O7/c1-25(2)38-28(20-36(52)44-15-7-16-48-23-32(46-47-48)27-9-4-10-30(42)19-27)12-13-35(51)43-14-5-8-26(3)18-31(50)21-29(41)22-37-45-33(24-55-37)39(53)49-17-6-11-34(49)40(54)56-38/h4-5,8-10,12-13,18-19,23-25,28-29,31,34,36,38,44,50,52H,6-7,11,14-17,20-22,42H2,1-3H3,(H,43,51)/b8-5?,13-12+,26-18?/t28-,29+,31+,34+,36?,38+/m0/s1. The van der Waals surface area contributed by atoms with Gasteiger partial charge in [0.25, 0.3) is 5.91 Å². The number of rotatable bonds is 9. The number of halogens is 1. The van der Waals surface area contributed by atoms with E-state index < -0.39 is 54.4 Å². The summed E-state index contributed by atoms with van der Waals surface area (Å²) in [5, 5.41) is 35.9. The first-order chi connectivity index (χ1) is 26.9. The number of carbonyl (C=O) groups excluding carboxylic acids is 3. The summed E-state index contributed by atoms with van der Waals surface area (Å²) in [5.41, 5.74) is 8.71. The van der Waals surface area contributed by atoms with Crippen molar-refractivity contribution in [2.45, 2.75) is 96.5 Å². The molecule has 2 bridgehead atoms. The molecule has 1 unspecified atom stereocenters. The predicted octanol–water partition coefficient (Wildman–Crippen LogP) is 3.51. The number of aryl methyl sites for hydroxylation is 1. The summed E-state index contributed by atoms with van der Waals surface area (Å²) in [4.78, 5) is 45.8. The van der Waals surface area contributed by atoms with Crippen LogP contribution < -0.4 is 16.4 Å². The van der Waals surface area contributed by atoms with Crippen molar-refractivity contribution in [2.75, 3.05) is 25.4 Å². The fourth-order valence-electron chi connectivity index (χ4n) is 6.88. The molecule has 2 amide bonds. The van der Waals surface area contributed by atoms with Gasteiger partial charge in [0.1, 0.15) is 36.5 Å². The Kier molecular flexibility index (Phi) is 15.1. The van der Waals surface area contributed by atoms with Gasteiger partial charge in [0, 0.05) is 43.2 Å². The summed E-state index contributed by atoms with van der Waals surface area (Å²) in [6.45, 7) is 6.95. The number of nitrogens with two attached hydrogens (primary N) is 1. The van der Waals surface area contributed by atoms with E-state index in [1.165, 1.54) is 17.1 Å². The van der Waals surface area contributed by atoms with Crippen LogP contribution in [-0.2, 0) is 27.3 Å². The summed E-state index contributed by atoms with van der Waals surface area (Å²) in [6, 6.07) is 6.49. The smallest absolute Gasteiger partial charge is 0.329 e. The Balaban J connectivity index is 1.29. The Bertz CT molecular complexity index is 1870. The van der Waals surface area contributed by atoms with Crippen LogP contribution >= 0.6 is 0 Å².